The number of benzene rings is 1. The van der Waals surface area contributed by atoms with Crippen LogP contribution in [0.3, 0.4) is 0 Å². The third-order valence-corrected chi connectivity index (χ3v) is 5.10. The smallest absolute Gasteiger partial charge is 0.205 e. The number of imidazole rings is 1. The van der Waals surface area contributed by atoms with Gasteiger partial charge in [0.05, 0.1) is 0 Å². The fourth-order valence-corrected chi connectivity index (χ4v) is 3.23. The average Bonchev–Trinajstić information content (AvgIpc) is 2.77. The van der Waals surface area contributed by atoms with Crippen LogP contribution in [0.5, 0.6) is 0 Å². The van der Waals surface area contributed by atoms with E-state index in [0.29, 0.717) is 9.54 Å². The summed E-state index contributed by atoms with van der Waals surface area (Å²) in [5.41, 5.74) is 1.44. The first kappa shape index (κ1) is 16.1. The Balaban J connectivity index is 2.82. The summed E-state index contributed by atoms with van der Waals surface area (Å²) in [5, 5.41) is 8.89. The average molecular weight is 366 g/mol. The number of rotatable bonds is 3. The summed E-state index contributed by atoms with van der Waals surface area (Å²) in [6, 6.07) is 8.47. The van der Waals surface area contributed by atoms with Crippen molar-refractivity contribution in [3.05, 3.63) is 40.8 Å². The molecule has 0 saturated carbocycles. The maximum atomic E-state index is 12.2. The zero-order chi connectivity index (χ0) is 15.8. The molecule has 2 aromatic rings. The van der Waals surface area contributed by atoms with E-state index in [-0.39, 0.29) is 14.2 Å². The largest absolute Gasteiger partial charge is 0.338 e. The van der Waals surface area contributed by atoms with Crippen LogP contribution in [0.2, 0.25) is 5.15 Å². The van der Waals surface area contributed by atoms with Crippen molar-refractivity contribution >= 4 is 45.4 Å². The maximum absolute atomic E-state index is 12.2. The Bertz CT molecular complexity index is 822. The first-order chi connectivity index (χ1) is 9.78. The minimum atomic E-state index is -4.38. The van der Waals surface area contributed by atoms with Crippen LogP contribution in [-0.4, -0.2) is 20.7 Å². The first-order valence-electron chi connectivity index (χ1n) is 5.41. The molecule has 0 fully saturated rings. The molecule has 0 bridgehead atoms. The number of nitrogens with zero attached hydrogens (tertiary/aromatic N) is 4. The van der Waals surface area contributed by atoms with Crippen molar-refractivity contribution in [1.82, 2.24) is 12.3 Å². The maximum Gasteiger partial charge on any atom is 0.338 e. The fourth-order valence-electron chi connectivity index (χ4n) is 1.69. The molecule has 1 aromatic carbocycles. The van der Waals surface area contributed by atoms with Crippen LogP contribution in [0.25, 0.3) is 11.3 Å². The van der Waals surface area contributed by atoms with Crippen molar-refractivity contribution < 1.29 is 8.42 Å². The van der Waals surface area contributed by atoms with Crippen LogP contribution in [-0.2, 0) is 10.2 Å². The predicted octanol–water partition coefficient (Wildman–Crippen LogP) is 3.09. The summed E-state index contributed by atoms with van der Waals surface area (Å²) in [6.45, 7) is 1.87. The number of halogens is 3. The third-order valence-electron chi connectivity index (χ3n) is 2.63. The summed E-state index contributed by atoms with van der Waals surface area (Å²) in [5.74, 6) is -0.443. The molecular formula is C11H7Cl3N4O2S. The molecule has 0 saturated heterocycles. The van der Waals surface area contributed by atoms with Gasteiger partial charge in [-0.3, -0.25) is 0 Å². The lowest BCUT2D eigenvalue weighted by Gasteiger charge is -2.11. The van der Waals surface area contributed by atoms with E-state index in [2.05, 4.69) is 4.98 Å². The Morgan fingerprint density at radius 2 is 1.86 bits per heavy atom. The Labute approximate surface area is 136 Å². The summed E-state index contributed by atoms with van der Waals surface area (Å²) < 4.78 is 24.9. The van der Waals surface area contributed by atoms with Crippen molar-refractivity contribution in [1.29, 1.82) is 5.26 Å². The lowest BCUT2D eigenvalue weighted by Crippen LogP contribution is -2.23. The molecule has 1 heterocycles. The van der Waals surface area contributed by atoms with Gasteiger partial charge >= 0.3 is 10.2 Å². The first-order valence-corrected chi connectivity index (χ1v) is 7.87. The molecule has 0 aliphatic heterocycles. The minimum absolute atomic E-state index is 0.0134. The highest BCUT2D eigenvalue weighted by Gasteiger charge is 2.30. The van der Waals surface area contributed by atoms with Crippen molar-refractivity contribution in [3.8, 4) is 17.3 Å². The highest BCUT2D eigenvalue weighted by Crippen LogP contribution is 2.32. The van der Waals surface area contributed by atoms with Gasteiger partial charge in [-0.05, 0) is 10.3 Å². The lowest BCUT2D eigenvalue weighted by atomic mass is 10.1. The molecule has 2 rings (SSSR count). The van der Waals surface area contributed by atoms with E-state index >= 15 is 0 Å². The molecule has 0 unspecified atom stereocenters. The number of hydrogen-bond donors (Lipinski definition) is 0. The summed E-state index contributed by atoms with van der Waals surface area (Å²) in [4.78, 5) is 3.72. The molecular weight excluding hydrogens is 359 g/mol. The molecule has 6 nitrogen and oxygen atoms in total. The molecule has 1 aromatic heterocycles. The Kier molecular flexibility index (Phi) is 4.46. The highest BCUT2D eigenvalue weighted by molar-refractivity contribution is 7.89. The molecule has 21 heavy (non-hydrogen) atoms. The van der Waals surface area contributed by atoms with Crippen molar-refractivity contribution in [2.24, 2.45) is 0 Å². The van der Waals surface area contributed by atoms with Crippen LogP contribution in [0.4, 0.5) is 0 Å². The summed E-state index contributed by atoms with van der Waals surface area (Å²) in [7, 11) is -4.38. The number of aromatic nitrogens is 2. The van der Waals surface area contributed by atoms with E-state index in [1.54, 1.807) is 30.3 Å². The summed E-state index contributed by atoms with van der Waals surface area (Å²) >= 11 is 16.6. The normalized spacial score (nSPS) is 11.6. The monoisotopic (exact) mass is 364 g/mol. The Morgan fingerprint density at radius 1 is 1.29 bits per heavy atom. The molecule has 0 radical (unpaired) electrons. The molecule has 110 valence electrons. The van der Waals surface area contributed by atoms with Crippen LogP contribution in [0.1, 0.15) is 11.4 Å². The molecule has 0 aliphatic rings. The molecule has 0 spiro atoms. The number of hydrogen-bond acceptors (Lipinski definition) is 4. The topological polar surface area (TPSA) is 79.0 Å². The van der Waals surface area contributed by atoms with Crippen molar-refractivity contribution in [2.75, 3.05) is 0 Å². The van der Waals surface area contributed by atoms with E-state index in [9.17, 15) is 8.42 Å². The quantitative estimate of drug-likeness (QED) is 0.783. The van der Waals surface area contributed by atoms with Gasteiger partial charge in [-0.15, -0.1) is 0 Å². The minimum Gasteiger partial charge on any atom is -0.205 e. The van der Waals surface area contributed by atoms with Crippen LogP contribution in [0.15, 0.2) is 24.3 Å². The zero-order valence-electron chi connectivity index (χ0n) is 10.5. The Hall–Kier alpha value is -1.30. The van der Waals surface area contributed by atoms with Crippen molar-refractivity contribution in [2.45, 2.75) is 6.92 Å². The number of aryl methyl sites for hydroxylation is 1. The second kappa shape index (κ2) is 5.83. The van der Waals surface area contributed by atoms with Gasteiger partial charge in [-0.25, -0.2) is 4.98 Å². The van der Waals surface area contributed by atoms with Gasteiger partial charge in [-0.1, -0.05) is 41.4 Å². The van der Waals surface area contributed by atoms with Crippen LogP contribution < -0.4 is 0 Å². The van der Waals surface area contributed by atoms with E-state index in [1.165, 1.54) is 0 Å². The predicted molar refractivity (Wildman–Crippen MR) is 80.0 cm³/mol. The lowest BCUT2D eigenvalue weighted by molar-refractivity contribution is 0.569. The van der Waals surface area contributed by atoms with E-state index in [4.69, 9.17) is 40.4 Å². The zero-order valence-corrected chi connectivity index (χ0v) is 13.5. The van der Waals surface area contributed by atoms with Gasteiger partial charge in [0.1, 0.15) is 11.8 Å². The molecule has 0 amide bonds. The van der Waals surface area contributed by atoms with Gasteiger partial charge < -0.3 is 0 Å². The van der Waals surface area contributed by atoms with Gasteiger partial charge in [0.2, 0.25) is 5.82 Å². The standard InChI is InChI=1S/C11H7Cl3N4O2S/c1-7-2-4-8(5-3-7)10-11(12)16-9(6-15)17(10)21(19,20)18(13)14/h2-5H,1H3. The molecule has 0 atom stereocenters. The van der Waals surface area contributed by atoms with Gasteiger partial charge in [0.15, 0.2) is 5.15 Å². The van der Waals surface area contributed by atoms with Gasteiger partial charge in [-0.2, -0.15) is 17.7 Å². The summed E-state index contributed by atoms with van der Waals surface area (Å²) in [6.07, 6.45) is 0. The van der Waals surface area contributed by atoms with Gasteiger partial charge in [0, 0.05) is 29.1 Å². The molecule has 0 aliphatic carbocycles. The Morgan fingerprint density at radius 3 is 2.33 bits per heavy atom. The van der Waals surface area contributed by atoms with E-state index < -0.39 is 16.0 Å². The van der Waals surface area contributed by atoms with Crippen LogP contribution >= 0.6 is 35.2 Å². The van der Waals surface area contributed by atoms with Crippen molar-refractivity contribution in [3.63, 3.8) is 0 Å². The third kappa shape index (κ3) is 2.86. The number of nitriles is 1. The second-order valence-corrected chi connectivity index (χ2v) is 7.23. The van der Waals surface area contributed by atoms with Crippen LogP contribution in [0, 0.1) is 18.3 Å². The van der Waals surface area contributed by atoms with Gasteiger partial charge in [0.25, 0.3) is 0 Å². The fraction of sp³-hybridized carbons (Fsp3) is 0.0909. The second-order valence-electron chi connectivity index (χ2n) is 4.00. The highest BCUT2D eigenvalue weighted by atomic mass is 35.5. The molecule has 0 N–H and O–H groups in total. The van der Waals surface area contributed by atoms with E-state index in [0.717, 1.165) is 5.56 Å². The van der Waals surface area contributed by atoms with E-state index in [1.807, 2.05) is 6.92 Å². The molecule has 10 heteroatoms. The SMILES string of the molecule is Cc1ccc(-c2c(Cl)nc(C#N)n2S(=O)(=O)N(Cl)Cl)cc1.